The van der Waals surface area contributed by atoms with Crippen LogP contribution >= 0.6 is 0 Å². The predicted molar refractivity (Wildman–Crippen MR) is 96.9 cm³/mol. The maximum absolute atomic E-state index is 12.9. The lowest BCUT2D eigenvalue weighted by atomic mass is 9.47. The number of carbonyl (C=O) groups excluding carboxylic acids is 2. The molecule has 0 unspecified atom stereocenters. The summed E-state index contributed by atoms with van der Waals surface area (Å²) in [5.41, 5.74) is 0.768. The highest BCUT2D eigenvalue weighted by atomic mass is 16.3. The van der Waals surface area contributed by atoms with E-state index in [1.165, 1.54) is 6.08 Å². The molecule has 0 saturated heterocycles. The van der Waals surface area contributed by atoms with Crippen molar-refractivity contribution in [2.75, 3.05) is 0 Å². The first-order chi connectivity index (χ1) is 11.7. The van der Waals surface area contributed by atoms with E-state index in [1.807, 2.05) is 6.08 Å². The van der Waals surface area contributed by atoms with E-state index in [-0.39, 0.29) is 22.9 Å². The molecule has 25 heavy (non-hydrogen) atoms. The first-order valence-electron chi connectivity index (χ1n) is 9.86. The Morgan fingerprint density at radius 1 is 1.20 bits per heavy atom. The van der Waals surface area contributed by atoms with Crippen molar-refractivity contribution in [3.63, 3.8) is 0 Å². The molecule has 3 heteroatoms. The molecule has 0 aliphatic heterocycles. The number of aliphatic hydroxyl groups is 1. The smallest absolute Gasteiger partial charge is 0.169 e. The fourth-order valence-corrected chi connectivity index (χ4v) is 7.52. The molecule has 0 heterocycles. The molecule has 0 aromatic heterocycles. The molecule has 3 nitrogen and oxygen atoms in total. The second-order valence-electron chi connectivity index (χ2n) is 9.57. The number of carbonyl (C=O) groups is 2. The molecule has 4 aliphatic carbocycles. The molecule has 0 radical (unpaired) electrons. The van der Waals surface area contributed by atoms with Crippen LogP contribution in [0.5, 0.6) is 0 Å². The van der Waals surface area contributed by atoms with Gasteiger partial charge >= 0.3 is 0 Å². The van der Waals surface area contributed by atoms with Crippen molar-refractivity contribution in [1.29, 1.82) is 0 Å². The van der Waals surface area contributed by atoms with Crippen LogP contribution in [0.2, 0.25) is 0 Å². The van der Waals surface area contributed by atoms with Crippen molar-refractivity contribution in [2.24, 2.45) is 40.4 Å². The molecule has 0 aromatic rings. The Hall–Kier alpha value is -1.38. The third-order valence-electron chi connectivity index (χ3n) is 8.49. The highest BCUT2D eigenvalue weighted by Gasteiger charge is 2.62. The van der Waals surface area contributed by atoms with E-state index >= 15 is 0 Å². The quantitative estimate of drug-likeness (QED) is 0.756. The summed E-state index contributed by atoms with van der Waals surface area (Å²) in [6.45, 7) is 8.45. The summed E-state index contributed by atoms with van der Waals surface area (Å²) in [6, 6.07) is 0. The number of hydrogen-bond donors (Lipinski definition) is 1. The van der Waals surface area contributed by atoms with Gasteiger partial charge in [-0.25, -0.2) is 0 Å². The van der Waals surface area contributed by atoms with Crippen molar-refractivity contribution in [3.05, 3.63) is 23.5 Å². The lowest BCUT2D eigenvalue weighted by Gasteiger charge is -2.56. The van der Waals surface area contributed by atoms with Crippen LogP contribution in [-0.4, -0.2) is 16.7 Å². The van der Waals surface area contributed by atoms with E-state index in [0.29, 0.717) is 29.5 Å². The molecule has 0 amide bonds. The van der Waals surface area contributed by atoms with E-state index in [9.17, 15) is 14.7 Å². The van der Waals surface area contributed by atoms with Gasteiger partial charge in [0, 0.05) is 12.0 Å². The van der Waals surface area contributed by atoms with Gasteiger partial charge in [0.25, 0.3) is 0 Å². The molecule has 4 rings (SSSR count). The van der Waals surface area contributed by atoms with Gasteiger partial charge in [-0.3, -0.25) is 9.59 Å². The van der Waals surface area contributed by atoms with E-state index < -0.39 is 5.41 Å². The Balaban J connectivity index is 1.72. The zero-order chi connectivity index (χ0) is 18.1. The molecule has 136 valence electrons. The summed E-state index contributed by atoms with van der Waals surface area (Å²) in [7, 11) is 0. The van der Waals surface area contributed by atoms with Gasteiger partial charge < -0.3 is 5.11 Å². The van der Waals surface area contributed by atoms with Crippen LogP contribution in [-0.2, 0) is 9.59 Å². The standard InChI is InChI=1S/C22H30O3/c1-12-9-18-16-6-5-14-10-15(24)11-19(25)22(14,4)17(16)7-8-21(18,3)20(12)13(2)23/h10-12,16-18,20,24H,5-9H2,1-4H3/t12-,16-,17+,18+,20-,21+,22+/m1/s1. The minimum atomic E-state index is -0.450. The Morgan fingerprint density at radius 3 is 2.60 bits per heavy atom. The Kier molecular flexibility index (Phi) is 3.62. The Morgan fingerprint density at radius 2 is 1.92 bits per heavy atom. The minimum absolute atomic E-state index is 0.0787. The van der Waals surface area contributed by atoms with Gasteiger partial charge in [-0.15, -0.1) is 0 Å². The molecule has 0 bridgehead atoms. The summed E-state index contributed by atoms with van der Waals surface area (Å²) in [5, 5.41) is 9.88. The highest BCUT2D eigenvalue weighted by Crippen LogP contribution is 2.67. The Bertz CT molecular complexity index is 702. The van der Waals surface area contributed by atoms with Crippen LogP contribution in [0.4, 0.5) is 0 Å². The monoisotopic (exact) mass is 342 g/mol. The summed E-state index contributed by atoms with van der Waals surface area (Å²) in [6.07, 6.45) is 8.42. The lowest BCUT2D eigenvalue weighted by Crippen LogP contribution is -2.53. The van der Waals surface area contributed by atoms with Gasteiger partial charge in [0.1, 0.15) is 11.5 Å². The van der Waals surface area contributed by atoms with Crippen LogP contribution < -0.4 is 0 Å². The maximum Gasteiger partial charge on any atom is 0.169 e. The van der Waals surface area contributed by atoms with Crippen molar-refractivity contribution >= 4 is 11.6 Å². The van der Waals surface area contributed by atoms with E-state index in [0.717, 1.165) is 37.7 Å². The summed E-state index contributed by atoms with van der Waals surface area (Å²) in [4.78, 5) is 25.3. The van der Waals surface area contributed by atoms with Crippen molar-refractivity contribution in [3.8, 4) is 0 Å². The molecule has 4 aliphatic rings. The number of allylic oxidation sites excluding steroid dienone is 3. The molecule has 1 N–H and O–H groups in total. The first-order valence-corrected chi connectivity index (χ1v) is 9.86. The summed E-state index contributed by atoms with van der Waals surface area (Å²) in [5.74, 6) is 2.57. The largest absolute Gasteiger partial charge is 0.508 e. The second-order valence-corrected chi connectivity index (χ2v) is 9.57. The van der Waals surface area contributed by atoms with Crippen LogP contribution in [0.15, 0.2) is 23.5 Å². The van der Waals surface area contributed by atoms with Crippen molar-refractivity contribution in [1.82, 2.24) is 0 Å². The predicted octanol–water partition coefficient (Wildman–Crippen LogP) is 4.63. The van der Waals surface area contributed by atoms with Gasteiger partial charge in [-0.2, -0.15) is 0 Å². The molecule has 0 spiro atoms. The van der Waals surface area contributed by atoms with E-state index in [4.69, 9.17) is 0 Å². The molecule has 7 atom stereocenters. The lowest BCUT2D eigenvalue weighted by molar-refractivity contribution is -0.136. The number of rotatable bonds is 1. The maximum atomic E-state index is 12.9. The van der Waals surface area contributed by atoms with Gasteiger partial charge in [-0.1, -0.05) is 19.4 Å². The second kappa shape index (κ2) is 5.31. The van der Waals surface area contributed by atoms with Crippen LogP contribution in [0, 0.1) is 40.4 Å². The Labute approximate surface area is 150 Å². The number of hydrogen-bond acceptors (Lipinski definition) is 3. The van der Waals surface area contributed by atoms with Gasteiger partial charge in [-0.05, 0) is 81.1 Å². The molecule has 3 fully saturated rings. The third kappa shape index (κ3) is 2.10. The number of aliphatic hydroxyl groups excluding tert-OH is 1. The SMILES string of the molecule is CC(=O)[C@H]1[C@H](C)C[C@H]2[C@@H]3CCC4=CC(O)=CC(=O)[C@]4(C)[C@H]3CC[C@@]21C. The van der Waals surface area contributed by atoms with Crippen molar-refractivity contribution < 1.29 is 14.7 Å². The minimum Gasteiger partial charge on any atom is -0.508 e. The van der Waals surface area contributed by atoms with Crippen LogP contribution in [0.3, 0.4) is 0 Å². The zero-order valence-corrected chi connectivity index (χ0v) is 15.8. The average Bonchev–Trinajstić information content (AvgIpc) is 2.79. The van der Waals surface area contributed by atoms with Gasteiger partial charge in [0.15, 0.2) is 5.78 Å². The zero-order valence-electron chi connectivity index (χ0n) is 15.8. The third-order valence-corrected chi connectivity index (χ3v) is 8.49. The van der Waals surface area contributed by atoms with E-state index in [1.54, 1.807) is 6.92 Å². The fourth-order valence-electron chi connectivity index (χ4n) is 7.52. The molecular weight excluding hydrogens is 312 g/mol. The molecular formula is C22H30O3. The van der Waals surface area contributed by atoms with Crippen LogP contribution in [0.1, 0.15) is 59.8 Å². The first kappa shape index (κ1) is 17.1. The normalized spacial score (nSPS) is 48.8. The fraction of sp³-hybridized carbons (Fsp3) is 0.727. The number of ketones is 2. The van der Waals surface area contributed by atoms with Crippen LogP contribution in [0.25, 0.3) is 0 Å². The summed E-state index contributed by atoms with van der Waals surface area (Å²) < 4.78 is 0. The van der Waals surface area contributed by atoms with Gasteiger partial charge in [0.2, 0.25) is 0 Å². The molecule has 0 aromatic carbocycles. The summed E-state index contributed by atoms with van der Waals surface area (Å²) >= 11 is 0. The van der Waals surface area contributed by atoms with Crippen molar-refractivity contribution in [2.45, 2.75) is 59.8 Å². The van der Waals surface area contributed by atoms with Gasteiger partial charge in [0.05, 0.1) is 5.41 Å². The van der Waals surface area contributed by atoms with E-state index in [2.05, 4.69) is 20.8 Å². The topological polar surface area (TPSA) is 54.4 Å². The average molecular weight is 342 g/mol. The number of fused-ring (bicyclic) bond motifs is 5. The highest BCUT2D eigenvalue weighted by molar-refractivity contribution is 5.99. The molecule has 3 saturated carbocycles. The number of Topliss-reactive ketones (excluding diaryl/α,β-unsaturated/α-hetero) is 1.